The molecule has 1 aromatic rings. The van der Waals surface area contributed by atoms with Gasteiger partial charge in [-0.05, 0) is 49.1 Å². The molecule has 0 aliphatic heterocycles. The molecule has 1 heterocycles. The number of nitrogens with one attached hydrogen (secondary N) is 1. The van der Waals surface area contributed by atoms with E-state index in [-0.39, 0.29) is 0 Å². The van der Waals surface area contributed by atoms with E-state index in [2.05, 4.69) is 29.9 Å². The van der Waals surface area contributed by atoms with Crippen LogP contribution in [0.3, 0.4) is 0 Å². The number of hydrogen-bond donors (Lipinski definition) is 1. The first-order chi connectivity index (χ1) is 6.92. The molecular weight excluding hydrogens is 190 g/mol. The zero-order chi connectivity index (χ0) is 9.54. The maximum atomic E-state index is 3.51. The van der Waals surface area contributed by atoms with Gasteiger partial charge in [0.1, 0.15) is 0 Å². The largest absolute Gasteiger partial charge is 0.312 e. The average molecular weight is 207 g/mol. The van der Waals surface area contributed by atoms with Gasteiger partial charge in [0.25, 0.3) is 0 Å². The van der Waals surface area contributed by atoms with Crippen LogP contribution in [0.1, 0.15) is 30.2 Å². The second-order valence-corrected chi connectivity index (χ2v) is 5.60. The number of thiophene rings is 1. The van der Waals surface area contributed by atoms with Crippen LogP contribution in [-0.4, -0.2) is 7.05 Å². The molecular formula is C12H17NS. The summed E-state index contributed by atoms with van der Waals surface area (Å²) in [6.45, 7) is 0. The van der Waals surface area contributed by atoms with Crippen LogP contribution in [0.5, 0.6) is 0 Å². The highest BCUT2D eigenvalue weighted by Gasteiger charge is 2.55. The van der Waals surface area contributed by atoms with Gasteiger partial charge in [-0.25, -0.2) is 0 Å². The highest BCUT2D eigenvalue weighted by Crippen LogP contribution is 2.62. The SMILES string of the molecule is CNC(c1cccs1)C1C2CCCC21. The van der Waals surface area contributed by atoms with E-state index in [1.807, 2.05) is 11.3 Å². The summed E-state index contributed by atoms with van der Waals surface area (Å²) in [5, 5.41) is 5.70. The highest BCUT2D eigenvalue weighted by molar-refractivity contribution is 7.10. The van der Waals surface area contributed by atoms with E-state index in [0.29, 0.717) is 6.04 Å². The van der Waals surface area contributed by atoms with Crippen LogP contribution < -0.4 is 5.32 Å². The maximum absolute atomic E-state index is 3.51. The van der Waals surface area contributed by atoms with Gasteiger partial charge in [0.2, 0.25) is 0 Å². The lowest BCUT2D eigenvalue weighted by atomic mass is 10.0. The molecule has 1 nitrogen and oxygen atoms in total. The van der Waals surface area contributed by atoms with Gasteiger partial charge < -0.3 is 5.32 Å². The Morgan fingerprint density at radius 2 is 2.21 bits per heavy atom. The molecule has 0 spiro atoms. The zero-order valence-corrected chi connectivity index (χ0v) is 9.39. The third-order valence-electron chi connectivity index (χ3n) is 4.02. The Kier molecular flexibility index (Phi) is 2.14. The van der Waals surface area contributed by atoms with Crippen molar-refractivity contribution in [3.63, 3.8) is 0 Å². The highest BCUT2D eigenvalue weighted by atomic mass is 32.1. The fourth-order valence-corrected chi connectivity index (χ4v) is 4.26. The van der Waals surface area contributed by atoms with Gasteiger partial charge in [-0.15, -0.1) is 11.3 Å². The van der Waals surface area contributed by atoms with E-state index in [0.717, 1.165) is 17.8 Å². The molecule has 0 amide bonds. The van der Waals surface area contributed by atoms with Crippen LogP contribution in [0.4, 0.5) is 0 Å². The first-order valence-electron chi connectivity index (χ1n) is 5.62. The Morgan fingerprint density at radius 3 is 2.79 bits per heavy atom. The summed E-state index contributed by atoms with van der Waals surface area (Å²) < 4.78 is 0. The molecule has 0 saturated heterocycles. The van der Waals surface area contributed by atoms with Crippen molar-refractivity contribution in [1.29, 1.82) is 0 Å². The number of fused-ring (bicyclic) bond motifs is 1. The molecule has 14 heavy (non-hydrogen) atoms. The second-order valence-electron chi connectivity index (χ2n) is 4.62. The van der Waals surface area contributed by atoms with Gasteiger partial charge in [-0.1, -0.05) is 12.5 Å². The molecule has 0 radical (unpaired) electrons. The molecule has 0 bridgehead atoms. The molecule has 3 unspecified atom stereocenters. The number of hydrogen-bond acceptors (Lipinski definition) is 2. The molecule has 2 aliphatic rings. The average Bonchev–Trinajstić information content (AvgIpc) is 2.67. The van der Waals surface area contributed by atoms with Crippen molar-refractivity contribution in [3.05, 3.63) is 22.4 Å². The van der Waals surface area contributed by atoms with E-state index in [1.165, 1.54) is 24.1 Å². The minimum absolute atomic E-state index is 0.644. The Labute approximate surface area is 89.5 Å². The van der Waals surface area contributed by atoms with E-state index >= 15 is 0 Å². The molecule has 2 heteroatoms. The van der Waals surface area contributed by atoms with Crippen LogP contribution >= 0.6 is 11.3 Å². The van der Waals surface area contributed by atoms with Crippen molar-refractivity contribution in [2.45, 2.75) is 25.3 Å². The van der Waals surface area contributed by atoms with Crippen molar-refractivity contribution >= 4 is 11.3 Å². The van der Waals surface area contributed by atoms with E-state index in [9.17, 15) is 0 Å². The first kappa shape index (κ1) is 8.93. The predicted octanol–water partition coefficient (Wildman–Crippen LogP) is 3.05. The van der Waals surface area contributed by atoms with Crippen LogP contribution in [0.2, 0.25) is 0 Å². The Bertz CT molecular complexity index is 296. The normalized spacial score (nSPS) is 36.8. The van der Waals surface area contributed by atoms with E-state index in [1.54, 1.807) is 0 Å². The third kappa shape index (κ3) is 1.24. The molecule has 3 rings (SSSR count). The molecule has 2 aliphatic carbocycles. The molecule has 1 N–H and O–H groups in total. The minimum atomic E-state index is 0.644. The van der Waals surface area contributed by atoms with Crippen molar-refractivity contribution < 1.29 is 0 Å². The lowest BCUT2D eigenvalue weighted by Crippen LogP contribution is -2.19. The van der Waals surface area contributed by atoms with Gasteiger partial charge in [-0.3, -0.25) is 0 Å². The number of rotatable bonds is 3. The summed E-state index contributed by atoms with van der Waals surface area (Å²) in [4.78, 5) is 1.53. The summed E-state index contributed by atoms with van der Waals surface area (Å²) in [6.07, 6.45) is 4.45. The minimum Gasteiger partial charge on any atom is -0.312 e. The smallest absolute Gasteiger partial charge is 0.0446 e. The van der Waals surface area contributed by atoms with E-state index in [4.69, 9.17) is 0 Å². The predicted molar refractivity (Wildman–Crippen MR) is 60.4 cm³/mol. The summed E-state index contributed by atoms with van der Waals surface area (Å²) >= 11 is 1.90. The van der Waals surface area contributed by atoms with Gasteiger partial charge in [0.05, 0.1) is 0 Å². The molecule has 76 valence electrons. The summed E-state index contributed by atoms with van der Waals surface area (Å²) in [6, 6.07) is 5.09. The monoisotopic (exact) mass is 207 g/mol. The fraction of sp³-hybridized carbons (Fsp3) is 0.667. The van der Waals surface area contributed by atoms with Crippen molar-refractivity contribution in [1.82, 2.24) is 5.32 Å². The van der Waals surface area contributed by atoms with Crippen molar-refractivity contribution in [3.8, 4) is 0 Å². The molecule has 0 aromatic carbocycles. The standard InChI is InChI=1S/C12H17NS/c1-13-12(10-6-3-7-14-10)11-8-4-2-5-9(8)11/h3,6-9,11-13H,2,4-5H2,1H3. The lowest BCUT2D eigenvalue weighted by molar-refractivity contribution is 0.450. The molecule has 3 atom stereocenters. The Morgan fingerprint density at radius 1 is 1.43 bits per heavy atom. The fourth-order valence-electron chi connectivity index (χ4n) is 3.36. The topological polar surface area (TPSA) is 12.0 Å². The molecule has 2 saturated carbocycles. The summed E-state index contributed by atoms with van der Waals surface area (Å²) in [7, 11) is 2.11. The van der Waals surface area contributed by atoms with E-state index < -0.39 is 0 Å². The van der Waals surface area contributed by atoms with Crippen LogP contribution in [-0.2, 0) is 0 Å². The Hall–Kier alpha value is -0.340. The summed E-state index contributed by atoms with van der Waals surface area (Å²) in [5.41, 5.74) is 0. The third-order valence-corrected chi connectivity index (χ3v) is 4.97. The van der Waals surface area contributed by atoms with Gasteiger partial charge in [0, 0.05) is 10.9 Å². The first-order valence-corrected chi connectivity index (χ1v) is 6.50. The van der Waals surface area contributed by atoms with Gasteiger partial charge >= 0.3 is 0 Å². The zero-order valence-electron chi connectivity index (χ0n) is 8.57. The summed E-state index contributed by atoms with van der Waals surface area (Å²) in [5.74, 6) is 3.05. The van der Waals surface area contributed by atoms with Crippen LogP contribution in [0.15, 0.2) is 17.5 Å². The Balaban J connectivity index is 1.77. The lowest BCUT2D eigenvalue weighted by Gasteiger charge is -2.16. The molecule has 1 aromatic heterocycles. The van der Waals surface area contributed by atoms with Gasteiger partial charge in [-0.2, -0.15) is 0 Å². The van der Waals surface area contributed by atoms with Crippen LogP contribution in [0, 0.1) is 17.8 Å². The van der Waals surface area contributed by atoms with Crippen molar-refractivity contribution in [2.75, 3.05) is 7.05 Å². The molecule has 2 fully saturated rings. The van der Waals surface area contributed by atoms with Crippen molar-refractivity contribution in [2.24, 2.45) is 17.8 Å². The quantitative estimate of drug-likeness (QED) is 0.803. The second kappa shape index (κ2) is 3.35. The van der Waals surface area contributed by atoms with Gasteiger partial charge in [0.15, 0.2) is 0 Å². The van der Waals surface area contributed by atoms with Crippen LogP contribution in [0.25, 0.3) is 0 Å². The maximum Gasteiger partial charge on any atom is 0.0446 e.